The van der Waals surface area contributed by atoms with Gasteiger partial charge in [-0.05, 0) is 19.1 Å². The fourth-order valence-corrected chi connectivity index (χ4v) is 4.62. The highest BCUT2D eigenvalue weighted by molar-refractivity contribution is 7.91. The molecule has 0 bridgehead atoms. The molecule has 0 aliphatic carbocycles. The zero-order chi connectivity index (χ0) is 28.9. The molecule has 17 heteroatoms. The smallest absolute Gasteiger partial charge is 0.324 e. The summed E-state index contributed by atoms with van der Waals surface area (Å²) in [6, 6.07) is 1.93. The van der Waals surface area contributed by atoms with Gasteiger partial charge in [0.25, 0.3) is 5.95 Å². The summed E-state index contributed by atoms with van der Waals surface area (Å²) >= 11 is 0. The van der Waals surface area contributed by atoms with Crippen LogP contribution in [0.5, 0.6) is 0 Å². The minimum Gasteiger partial charge on any atom is -0.324 e. The summed E-state index contributed by atoms with van der Waals surface area (Å²) in [6.45, 7) is 5.44. The lowest BCUT2D eigenvalue weighted by Gasteiger charge is -2.11. The second-order valence-corrected chi connectivity index (χ2v) is 10.4. The van der Waals surface area contributed by atoms with Crippen molar-refractivity contribution in [1.29, 1.82) is 0 Å². The van der Waals surface area contributed by atoms with Gasteiger partial charge in [0.05, 0.1) is 39.8 Å². The molecule has 0 aliphatic heterocycles. The second-order valence-electron chi connectivity index (χ2n) is 8.12. The zero-order valence-corrected chi connectivity index (χ0v) is 21.2. The van der Waals surface area contributed by atoms with Crippen LogP contribution in [0.25, 0.3) is 33.8 Å². The lowest BCUT2D eigenvalue weighted by Crippen LogP contribution is -2.19. The molecule has 10 nitrogen and oxygen atoms in total. The van der Waals surface area contributed by atoms with Crippen LogP contribution in [-0.2, 0) is 23.1 Å². The van der Waals surface area contributed by atoms with Gasteiger partial charge in [0.1, 0.15) is 17.1 Å². The zero-order valence-electron chi connectivity index (χ0n) is 20.4. The van der Waals surface area contributed by atoms with Crippen molar-refractivity contribution < 1.29 is 34.8 Å². The van der Waals surface area contributed by atoms with Crippen LogP contribution in [0.15, 0.2) is 45.7 Å². The first-order chi connectivity index (χ1) is 18.1. The minimum absolute atomic E-state index is 0.0364. The highest BCUT2D eigenvalue weighted by Gasteiger charge is 2.34. The lowest BCUT2D eigenvalue weighted by atomic mass is 10.2. The van der Waals surface area contributed by atoms with E-state index < -0.39 is 39.5 Å². The molecule has 39 heavy (non-hydrogen) atoms. The predicted octanol–water partition coefficient (Wildman–Crippen LogP) is 4.82. The standard InChI is InChI=1S/C22H18F6N8O2S/c1-5-39(37,38)16-6-12(14-9-32-20(36(14)29-3)33-11(2)21(23,24)25)8-31-18(16)19-34-13-7-17(22(26,27)28)30-10-15(13)35(19)4/h6-10H,3,5H2,1-2,4H3. The SMILES string of the molecule is C=Nn1c(-c2cnc(-c3nc4cc(C(F)(F)F)ncc4n3C)c(S(=O)(=O)CC)c2)cnc1N=C(C)C(F)(F)F. The monoisotopic (exact) mass is 572 g/mol. The molecule has 0 N–H and O–H groups in total. The third kappa shape index (κ3) is 5.13. The molecule has 206 valence electrons. The van der Waals surface area contributed by atoms with Gasteiger partial charge in [0, 0.05) is 25.5 Å². The summed E-state index contributed by atoms with van der Waals surface area (Å²) < 4.78 is 107. The van der Waals surface area contributed by atoms with Crippen molar-refractivity contribution in [2.24, 2.45) is 17.1 Å². The van der Waals surface area contributed by atoms with E-state index in [1.54, 1.807) is 0 Å². The van der Waals surface area contributed by atoms with Gasteiger partial charge in [-0.3, -0.25) is 4.98 Å². The van der Waals surface area contributed by atoms with Gasteiger partial charge in [-0.2, -0.15) is 36.1 Å². The van der Waals surface area contributed by atoms with Gasteiger partial charge in [-0.15, -0.1) is 0 Å². The van der Waals surface area contributed by atoms with Gasteiger partial charge >= 0.3 is 12.4 Å². The van der Waals surface area contributed by atoms with Crippen molar-refractivity contribution >= 4 is 39.2 Å². The number of pyridine rings is 2. The average molecular weight is 572 g/mol. The molecule has 0 aliphatic rings. The van der Waals surface area contributed by atoms with E-state index >= 15 is 0 Å². The number of alkyl halides is 6. The molecule has 0 saturated carbocycles. The number of aliphatic imine (C=N–C) groups is 1. The number of fused-ring (bicyclic) bond motifs is 1. The Morgan fingerprint density at radius 1 is 1.05 bits per heavy atom. The predicted molar refractivity (Wildman–Crippen MR) is 129 cm³/mol. The summed E-state index contributed by atoms with van der Waals surface area (Å²) in [5, 5.41) is 3.64. The van der Waals surface area contributed by atoms with E-state index in [0.29, 0.717) is 0 Å². The molecular formula is C22H18F6N8O2S. The fraction of sp³-hybridized carbons (Fsp3) is 0.273. The Hall–Kier alpha value is -4.15. The van der Waals surface area contributed by atoms with Gasteiger partial charge in [-0.25, -0.2) is 28.4 Å². The minimum atomic E-state index is -4.72. The normalized spacial score (nSPS) is 13.3. The highest BCUT2D eigenvalue weighted by Crippen LogP contribution is 2.35. The third-order valence-electron chi connectivity index (χ3n) is 5.67. The number of sulfone groups is 1. The van der Waals surface area contributed by atoms with Crippen LogP contribution in [-0.4, -0.2) is 62.0 Å². The molecule has 4 heterocycles. The molecule has 0 saturated heterocycles. The molecule has 0 radical (unpaired) electrons. The van der Waals surface area contributed by atoms with Crippen molar-refractivity contribution in [1.82, 2.24) is 29.2 Å². The Bertz CT molecular complexity index is 1740. The molecule has 4 aromatic heterocycles. The van der Waals surface area contributed by atoms with Gasteiger partial charge < -0.3 is 4.57 Å². The quantitative estimate of drug-likeness (QED) is 0.241. The first-order valence-electron chi connectivity index (χ1n) is 10.9. The Kier molecular flexibility index (Phi) is 6.82. The first kappa shape index (κ1) is 27.9. The van der Waals surface area contributed by atoms with Gasteiger partial charge in [0.2, 0.25) is 0 Å². The molecule has 4 aromatic rings. The Balaban J connectivity index is 1.91. The van der Waals surface area contributed by atoms with Crippen molar-refractivity contribution in [2.45, 2.75) is 31.1 Å². The van der Waals surface area contributed by atoms with Crippen LogP contribution in [0.2, 0.25) is 0 Å². The molecule has 0 spiro atoms. The number of halogens is 6. The molecule has 0 unspecified atom stereocenters. The molecule has 0 aromatic carbocycles. The number of hydrogen-bond acceptors (Lipinski definition) is 8. The molecule has 4 rings (SSSR count). The molecule has 0 fully saturated rings. The number of rotatable bonds is 6. The van der Waals surface area contributed by atoms with Crippen LogP contribution >= 0.6 is 0 Å². The maximum Gasteiger partial charge on any atom is 0.433 e. The van der Waals surface area contributed by atoms with Crippen LogP contribution in [0, 0.1) is 0 Å². The highest BCUT2D eigenvalue weighted by atomic mass is 32.2. The summed E-state index contributed by atoms with van der Waals surface area (Å²) in [6.07, 6.45) is -6.14. The van der Waals surface area contributed by atoms with Crippen LogP contribution in [0.3, 0.4) is 0 Å². The van der Waals surface area contributed by atoms with E-state index in [2.05, 4.69) is 36.7 Å². The van der Waals surface area contributed by atoms with Crippen molar-refractivity contribution in [3.05, 3.63) is 36.4 Å². The van der Waals surface area contributed by atoms with Crippen LogP contribution in [0.4, 0.5) is 32.3 Å². The molecule has 0 amide bonds. The average Bonchev–Trinajstić information content (AvgIpc) is 3.42. The summed E-state index contributed by atoms with van der Waals surface area (Å²) in [4.78, 5) is 18.8. The maximum absolute atomic E-state index is 13.1. The molecule has 0 atom stereocenters. The number of hydrogen-bond donors (Lipinski definition) is 0. The molecular weight excluding hydrogens is 554 g/mol. The summed E-state index contributed by atoms with van der Waals surface area (Å²) in [5.74, 6) is -0.873. The Morgan fingerprint density at radius 2 is 1.74 bits per heavy atom. The second kappa shape index (κ2) is 9.55. The van der Waals surface area contributed by atoms with Crippen molar-refractivity contribution in [2.75, 3.05) is 5.75 Å². The number of aryl methyl sites for hydroxylation is 1. The Labute approximate surface area is 216 Å². The van der Waals surface area contributed by atoms with Crippen molar-refractivity contribution in [3.63, 3.8) is 0 Å². The van der Waals surface area contributed by atoms with Gasteiger partial charge in [0.15, 0.2) is 15.7 Å². The van der Waals surface area contributed by atoms with E-state index in [0.717, 1.165) is 30.1 Å². The number of aromatic nitrogens is 6. The number of imidazole rings is 2. The maximum atomic E-state index is 13.1. The van der Waals surface area contributed by atoms with Crippen LogP contribution < -0.4 is 0 Å². The topological polar surface area (TPSA) is 120 Å². The first-order valence-corrected chi connectivity index (χ1v) is 12.5. The van der Waals surface area contributed by atoms with Crippen LogP contribution in [0.1, 0.15) is 19.5 Å². The van der Waals surface area contributed by atoms with E-state index in [9.17, 15) is 34.8 Å². The fourth-order valence-electron chi connectivity index (χ4n) is 3.56. The van der Waals surface area contributed by atoms with Gasteiger partial charge in [-0.1, -0.05) is 6.92 Å². The number of nitrogens with zero attached hydrogens (tertiary/aromatic N) is 8. The summed E-state index contributed by atoms with van der Waals surface area (Å²) in [5.41, 5.74) is -2.29. The summed E-state index contributed by atoms with van der Waals surface area (Å²) in [7, 11) is -2.55. The third-order valence-corrected chi connectivity index (χ3v) is 7.41. The van der Waals surface area contributed by atoms with E-state index in [1.807, 2.05) is 0 Å². The largest absolute Gasteiger partial charge is 0.433 e. The van der Waals surface area contributed by atoms with E-state index in [-0.39, 0.29) is 44.5 Å². The van der Waals surface area contributed by atoms with E-state index in [4.69, 9.17) is 0 Å². The van der Waals surface area contributed by atoms with Crippen molar-refractivity contribution in [3.8, 4) is 22.8 Å². The Morgan fingerprint density at radius 3 is 2.33 bits per heavy atom. The lowest BCUT2D eigenvalue weighted by molar-refractivity contribution is -0.141. The van der Waals surface area contributed by atoms with E-state index in [1.165, 1.54) is 30.8 Å².